The Balaban J connectivity index is 0.000000153. The highest BCUT2D eigenvalue weighted by Crippen LogP contribution is 2.40. The molecule has 7 aromatic rings. The summed E-state index contributed by atoms with van der Waals surface area (Å²) in [5.74, 6) is 0. The first-order valence-electron chi connectivity index (χ1n) is 25.5. The summed E-state index contributed by atoms with van der Waals surface area (Å²) in [5.41, 5.74) is 17.3. The number of hydrogen-bond donors (Lipinski definition) is 4. The first-order valence-corrected chi connectivity index (χ1v) is 33.2. The highest BCUT2D eigenvalue weighted by atomic mass is 79.9. The Labute approximate surface area is 506 Å². The van der Waals surface area contributed by atoms with Gasteiger partial charge in [-0.05, 0) is 72.3 Å². The second kappa shape index (κ2) is 28.9. The largest absolute Gasteiger partial charge is 0.398 e. The molecule has 1 saturated heterocycles. The number of anilines is 5. The van der Waals surface area contributed by atoms with Crippen molar-refractivity contribution >= 4 is 123 Å². The van der Waals surface area contributed by atoms with Gasteiger partial charge in [0.2, 0.25) is 0 Å². The summed E-state index contributed by atoms with van der Waals surface area (Å²) >= 11 is 13.7. The Bertz CT molecular complexity index is 3500. The minimum atomic E-state index is -3.53. The Kier molecular flexibility index (Phi) is 22.6. The molecular formula is C57H66Br4N10O6S3. The van der Waals surface area contributed by atoms with Crippen molar-refractivity contribution in [1.82, 2.24) is 23.5 Å². The first-order chi connectivity index (χ1) is 38.3. The Morgan fingerprint density at radius 1 is 0.512 bits per heavy atom. The molecule has 7 aromatic carbocycles. The molecule has 0 amide bonds. The van der Waals surface area contributed by atoms with E-state index in [0.717, 1.165) is 108 Å². The number of piperazine rings is 1. The third kappa shape index (κ3) is 15.8. The summed E-state index contributed by atoms with van der Waals surface area (Å²) in [4.78, 5) is 2.35. The molecule has 0 radical (unpaired) electrons. The van der Waals surface area contributed by atoms with E-state index in [1.807, 2.05) is 141 Å². The van der Waals surface area contributed by atoms with Gasteiger partial charge in [-0.3, -0.25) is 13.3 Å². The standard InChI is InChI=1S/C19H24N4O2S.C15H15BrN2O2S.C8H9BrN2O2S.C8H11BrN2.C7H7Br/c1-21-15-17-18(22-12-10-20-11-13-22)8-5-9-19(17)23(26(21,24)25)14-16-6-3-2-4-7-16;1-17-11-13-14(16)8-5-9-15(13)18(21(17,19)20)10-12-6-3-2-4-7-12;1-11-5-6-7(9)3-2-4-8(6)10-14(11,12)13;1-11-5-6-7(9)3-2-4-8(6)10;8-6-7-4-2-1-3-5-7/h2-9,20H,10-15H2,1H3;2-9H,10-11H2,1H3;2-4,10H,5H2,1H3;2-4,11H,5,10H2,1H3;1-5H,6H2. The number of benzene rings is 7. The van der Waals surface area contributed by atoms with Gasteiger partial charge in [-0.15, -0.1) is 0 Å². The van der Waals surface area contributed by atoms with Crippen molar-refractivity contribution in [1.29, 1.82) is 0 Å². The van der Waals surface area contributed by atoms with Crippen LogP contribution in [0.1, 0.15) is 38.9 Å². The van der Waals surface area contributed by atoms with Crippen LogP contribution in [-0.2, 0) is 75.2 Å². The molecular weight excluding hydrogens is 1340 g/mol. The highest BCUT2D eigenvalue weighted by Gasteiger charge is 2.37. The smallest absolute Gasteiger partial charge is 0.304 e. The van der Waals surface area contributed by atoms with Crippen LogP contribution in [0.4, 0.5) is 28.4 Å². The Hall–Kier alpha value is -4.89. The van der Waals surface area contributed by atoms with Gasteiger partial charge in [0.15, 0.2) is 0 Å². The van der Waals surface area contributed by atoms with Crippen LogP contribution in [0, 0.1) is 0 Å². The van der Waals surface area contributed by atoms with E-state index >= 15 is 0 Å². The topological polar surface area (TPSA) is 184 Å². The zero-order valence-electron chi connectivity index (χ0n) is 44.8. The monoisotopic (exact) mass is 1400 g/mol. The lowest BCUT2D eigenvalue weighted by Gasteiger charge is -2.39. The molecule has 4 aliphatic heterocycles. The van der Waals surface area contributed by atoms with Gasteiger partial charge < -0.3 is 21.3 Å². The first kappa shape index (κ1) is 62.7. The third-order valence-corrected chi connectivity index (χ3v) is 21.2. The number of alkyl halides is 1. The van der Waals surface area contributed by atoms with Gasteiger partial charge in [-0.25, -0.2) is 0 Å². The minimum Gasteiger partial charge on any atom is -0.398 e. The highest BCUT2D eigenvalue weighted by molar-refractivity contribution is 9.11. The van der Waals surface area contributed by atoms with Crippen molar-refractivity contribution in [3.8, 4) is 0 Å². The molecule has 11 rings (SSSR count). The molecule has 0 saturated carbocycles. The molecule has 426 valence electrons. The summed E-state index contributed by atoms with van der Waals surface area (Å²) in [6.45, 7) is 6.42. The molecule has 4 aliphatic rings. The van der Waals surface area contributed by atoms with Crippen LogP contribution in [0.3, 0.4) is 0 Å². The molecule has 4 heterocycles. The van der Waals surface area contributed by atoms with Crippen LogP contribution < -0.4 is 34.6 Å². The Morgan fingerprint density at radius 3 is 1.46 bits per heavy atom. The average Bonchev–Trinajstić information content (AvgIpc) is 3.61. The number of nitrogens with zero attached hydrogens (tertiary/aromatic N) is 6. The number of fused-ring (bicyclic) bond motifs is 3. The van der Waals surface area contributed by atoms with Crippen LogP contribution in [0.5, 0.6) is 0 Å². The lowest BCUT2D eigenvalue weighted by atomic mass is 10.1. The molecule has 0 bridgehead atoms. The second-order valence-corrected chi connectivity index (χ2v) is 27.7. The van der Waals surface area contributed by atoms with Crippen LogP contribution in [0.2, 0.25) is 0 Å². The van der Waals surface area contributed by atoms with Gasteiger partial charge in [-0.2, -0.15) is 38.2 Å². The summed E-state index contributed by atoms with van der Waals surface area (Å²) in [7, 11) is -3.63. The third-order valence-electron chi connectivity index (χ3n) is 13.3. The maximum atomic E-state index is 13.0. The van der Waals surface area contributed by atoms with Crippen LogP contribution in [0.25, 0.3) is 0 Å². The summed E-state index contributed by atoms with van der Waals surface area (Å²) < 4.78 is 86.7. The van der Waals surface area contributed by atoms with Crippen molar-refractivity contribution in [3.05, 3.63) is 216 Å². The number of nitrogen functional groups attached to an aromatic ring is 1. The number of halogens is 4. The van der Waals surface area contributed by atoms with Crippen molar-refractivity contribution in [3.63, 3.8) is 0 Å². The lowest BCUT2D eigenvalue weighted by molar-refractivity contribution is 0.452. The zero-order chi connectivity index (χ0) is 57.6. The predicted molar refractivity (Wildman–Crippen MR) is 340 cm³/mol. The van der Waals surface area contributed by atoms with Gasteiger partial charge in [0.05, 0.1) is 30.2 Å². The molecule has 0 unspecified atom stereocenters. The van der Waals surface area contributed by atoms with E-state index in [0.29, 0.717) is 38.4 Å². The van der Waals surface area contributed by atoms with Gasteiger partial charge in [0.25, 0.3) is 0 Å². The van der Waals surface area contributed by atoms with Crippen LogP contribution >= 0.6 is 63.7 Å². The summed E-state index contributed by atoms with van der Waals surface area (Å²) in [5, 5.41) is 7.38. The van der Waals surface area contributed by atoms with E-state index in [4.69, 9.17) is 5.73 Å². The van der Waals surface area contributed by atoms with E-state index in [1.165, 1.54) is 27.1 Å². The van der Waals surface area contributed by atoms with E-state index in [1.54, 1.807) is 33.3 Å². The fourth-order valence-electron chi connectivity index (χ4n) is 8.97. The van der Waals surface area contributed by atoms with E-state index in [9.17, 15) is 25.3 Å². The molecule has 0 aliphatic carbocycles. The van der Waals surface area contributed by atoms with Gasteiger partial charge in [-0.1, -0.05) is 179 Å². The van der Waals surface area contributed by atoms with Gasteiger partial charge in [0, 0.05) is 126 Å². The molecule has 5 N–H and O–H groups in total. The van der Waals surface area contributed by atoms with E-state index in [-0.39, 0.29) is 0 Å². The number of nitrogens with two attached hydrogens (primary N) is 1. The van der Waals surface area contributed by atoms with Crippen molar-refractivity contribution < 1.29 is 25.3 Å². The van der Waals surface area contributed by atoms with Gasteiger partial charge in [0.1, 0.15) is 0 Å². The molecule has 0 aromatic heterocycles. The molecule has 23 heteroatoms. The number of rotatable bonds is 8. The fourth-order valence-corrected chi connectivity index (χ4v) is 14.5. The van der Waals surface area contributed by atoms with Crippen LogP contribution in [0.15, 0.2) is 177 Å². The molecule has 16 nitrogen and oxygen atoms in total. The molecule has 0 spiro atoms. The SMILES string of the molecule is BrCc1ccccc1.CN1Cc2c(Br)cccc2N(Cc2ccccc2)S1(=O)=O.CN1Cc2c(Br)cccc2NS1(=O)=O.CN1Cc2c(N3CCNCC3)cccc2N(Cc2ccccc2)S1(=O)=O.CNCc1c(N)cccc1Br. The molecule has 80 heavy (non-hydrogen) atoms. The maximum Gasteiger partial charge on any atom is 0.304 e. The lowest BCUT2D eigenvalue weighted by Crippen LogP contribution is -2.47. The average molecular weight is 1400 g/mol. The van der Waals surface area contributed by atoms with Gasteiger partial charge >= 0.3 is 30.6 Å². The Morgan fingerprint density at radius 2 is 0.950 bits per heavy atom. The van der Waals surface area contributed by atoms with E-state index < -0.39 is 30.6 Å². The molecule has 1 fully saturated rings. The summed E-state index contributed by atoms with van der Waals surface area (Å²) in [6, 6.07) is 52.6. The van der Waals surface area contributed by atoms with Crippen molar-refractivity contribution in [2.45, 2.75) is 44.6 Å². The number of hydrogen-bond acceptors (Lipinski definition) is 10. The van der Waals surface area contributed by atoms with Crippen LogP contribution in [-0.4, -0.2) is 92.5 Å². The predicted octanol–water partition coefficient (Wildman–Crippen LogP) is 10.8. The fraction of sp³-hybridized carbons (Fsp3) is 0.263. The number of nitrogens with one attached hydrogen (secondary N) is 3. The second-order valence-electron chi connectivity index (χ2n) is 18.8. The normalized spacial score (nSPS) is 16.9. The molecule has 0 atom stereocenters. The van der Waals surface area contributed by atoms with E-state index in [2.05, 4.69) is 102 Å². The minimum absolute atomic E-state index is 0.330. The summed E-state index contributed by atoms with van der Waals surface area (Å²) in [6.07, 6.45) is 0. The maximum absolute atomic E-state index is 13.0. The zero-order valence-corrected chi connectivity index (χ0v) is 53.6. The van der Waals surface area contributed by atoms with Crippen molar-refractivity contribution in [2.75, 3.05) is 78.3 Å². The quantitative estimate of drug-likeness (QED) is 0.0844. The van der Waals surface area contributed by atoms with Crippen molar-refractivity contribution in [2.24, 2.45) is 0 Å².